The minimum atomic E-state index is -0.538. The Labute approximate surface area is 76.3 Å². The topological polar surface area (TPSA) is 51.0 Å². The van der Waals surface area contributed by atoms with E-state index in [9.17, 15) is 4.79 Å². The summed E-state index contributed by atoms with van der Waals surface area (Å²) in [5.74, 6) is -0.462. The Morgan fingerprint density at radius 3 is 2.62 bits per heavy atom. The Hall–Kier alpha value is -1.23. The number of rotatable bonds is 3. The van der Waals surface area contributed by atoms with Crippen molar-refractivity contribution < 1.29 is 20.1 Å². The van der Waals surface area contributed by atoms with Crippen molar-refractivity contribution in [1.82, 2.24) is 0 Å². The quantitative estimate of drug-likeness (QED) is 0.508. The largest absolute Gasteiger partial charge is 0.373 e. The molecule has 70 valence electrons. The standard InChI is InChI=1S/C9H11NO3/c1-8(11)10(12)13-7-9-5-3-2-4-6-9/h2-6,12H,7H2,1H3/p+1. The summed E-state index contributed by atoms with van der Waals surface area (Å²) in [5, 5.41) is 8.39. The molecule has 0 bridgehead atoms. The van der Waals surface area contributed by atoms with Crippen LogP contribution in [0.2, 0.25) is 0 Å². The smallest absolute Gasteiger partial charge is 0.224 e. The Morgan fingerprint density at radius 1 is 1.46 bits per heavy atom. The minimum Gasteiger partial charge on any atom is -0.224 e. The number of benzene rings is 1. The molecule has 0 aromatic heterocycles. The van der Waals surface area contributed by atoms with Crippen molar-refractivity contribution in [3.8, 4) is 0 Å². The Morgan fingerprint density at radius 2 is 2.08 bits per heavy atom. The molecule has 0 aliphatic carbocycles. The van der Waals surface area contributed by atoms with Gasteiger partial charge in [-0.05, 0) is 5.56 Å². The number of hydroxylamine groups is 2. The molecule has 4 nitrogen and oxygen atoms in total. The first kappa shape index (κ1) is 9.85. The van der Waals surface area contributed by atoms with Crippen LogP contribution in [0.25, 0.3) is 0 Å². The van der Waals surface area contributed by atoms with Crippen molar-refractivity contribution in [2.45, 2.75) is 13.5 Å². The molecule has 1 amide bonds. The van der Waals surface area contributed by atoms with Gasteiger partial charge in [0.25, 0.3) is 0 Å². The second kappa shape index (κ2) is 4.71. The molecule has 0 spiro atoms. The van der Waals surface area contributed by atoms with Gasteiger partial charge in [-0.25, -0.2) is 4.79 Å². The molecular weight excluding hydrogens is 170 g/mol. The highest BCUT2D eigenvalue weighted by Gasteiger charge is 2.11. The summed E-state index contributed by atoms with van der Waals surface area (Å²) in [6.45, 7) is 1.46. The second-order valence-electron chi connectivity index (χ2n) is 2.64. The summed E-state index contributed by atoms with van der Waals surface area (Å²) in [6, 6.07) is 9.33. The SMILES string of the molecule is CC(=O)[NH+](O)OCc1ccccc1. The summed E-state index contributed by atoms with van der Waals surface area (Å²) >= 11 is 0. The molecule has 1 aromatic rings. The molecule has 1 rings (SSSR count). The maximum absolute atomic E-state index is 10.6. The van der Waals surface area contributed by atoms with Gasteiger partial charge in [-0.3, -0.25) is 0 Å². The van der Waals surface area contributed by atoms with E-state index in [-0.39, 0.29) is 6.61 Å². The van der Waals surface area contributed by atoms with E-state index in [0.29, 0.717) is 0 Å². The van der Waals surface area contributed by atoms with Gasteiger partial charge in [-0.2, -0.15) is 10.0 Å². The normalized spacial score (nSPS) is 12.5. The number of quaternary nitrogens is 1. The van der Waals surface area contributed by atoms with Crippen LogP contribution in [0, 0.1) is 0 Å². The van der Waals surface area contributed by atoms with E-state index in [1.807, 2.05) is 30.3 Å². The molecule has 13 heavy (non-hydrogen) atoms. The van der Waals surface area contributed by atoms with E-state index in [0.717, 1.165) is 5.56 Å². The molecule has 0 fully saturated rings. The van der Waals surface area contributed by atoms with Crippen molar-refractivity contribution in [1.29, 1.82) is 0 Å². The summed E-state index contributed by atoms with van der Waals surface area (Å²) in [4.78, 5) is 15.4. The number of hydrogen-bond acceptors (Lipinski definition) is 3. The molecule has 2 N–H and O–H groups in total. The number of nitrogens with one attached hydrogen (secondary N) is 1. The first-order valence-corrected chi connectivity index (χ1v) is 3.93. The fraction of sp³-hybridized carbons (Fsp3) is 0.222. The van der Waals surface area contributed by atoms with E-state index >= 15 is 0 Å². The van der Waals surface area contributed by atoms with Crippen molar-refractivity contribution in [3.63, 3.8) is 0 Å². The minimum absolute atomic E-state index is 0.215. The van der Waals surface area contributed by atoms with Crippen LogP contribution in [0.4, 0.5) is 0 Å². The Kier molecular flexibility index (Phi) is 3.57. The van der Waals surface area contributed by atoms with Crippen LogP contribution in [0.1, 0.15) is 12.5 Å². The van der Waals surface area contributed by atoms with Gasteiger partial charge in [-0.1, -0.05) is 30.3 Å². The highest BCUT2D eigenvalue weighted by molar-refractivity contribution is 5.61. The van der Waals surface area contributed by atoms with Crippen LogP contribution in [0.3, 0.4) is 0 Å². The van der Waals surface area contributed by atoms with Gasteiger partial charge in [0.1, 0.15) is 6.61 Å². The molecule has 1 atom stereocenters. The van der Waals surface area contributed by atoms with Gasteiger partial charge in [0, 0.05) is 5.23 Å². The van der Waals surface area contributed by atoms with E-state index in [1.165, 1.54) is 6.92 Å². The zero-order chi connectivity index (χ0) is 9.68. The molecule has 0 aliphatic rings. The molecule has 4 heteroatoms. The maximum Gasteiger partial charge on any atom is 0.373 e. The maximum atomic E-state index is 10.6. The number of amides is 1. The summed E-state index contributed by atoms with van der Waals surface area (Å²) < 4.78 is 0. The van der Waals surface area contributed by atoms with Gasteiger partial charge in [-0.15, -0.1) is 0 Å². The van der Waals surface area contributed by atoms with Crippen LogP contribution in [-0.4, -0.2) is 11.1 Å². The molecule has 0 radical (unpaired) electrons. The van der Waals surface area contributed by atoms with Gasteiger partial charge >= 0.3 is 5.91 Å². The summed E-state index contributed by atoms with van der Waals surface area (Å²) in [5.41, 5.74) is 0.912. The lowest BCUT2D eigenvalue weighted by Crippen LogP contribution is -3.10. The molecule has 0 aliphatic heterocycles. The fourth-order valence-electron chi connectivity index (χ4n) is 0.828. The predicted octanol–water partition coefficient (Wildman–Crippen LogP) is -0.0612. The van der Waals surface area contributed by atoms with E-state index in [2.05, 4.69) is 0 Å². The molecular formula is C9H12NO3+. The average molecular weight is 182 g/mol. The second-order valence-corrected chi connectivity index (χ2v) is 2.64. The zero-order valence-electron chi connectivity index (χ0n) is 7.36. The summed E-state index contributed by atoms with van der Waals surface area (Å²) in [7, 11) is 0. The summed E-state index contributed by atoms with van der Waals surface area (Å²) in [6.07, 6.45) is 0. The first-order valence-electron chi connectivity index (χ1n) is 3.93. The van der Waals surface area contributed by atoms with Crippen molar-refractivity contribution in [3.05, 3.63) is 35.9 Å². The van der Waals surface area contributed by atoms with Crippen molar-refractivity contribution >= 4 is 5.91 Å². The fourth-order valence-corrected chi connectivity index (χ4v) is 0.828. The molecule has 1 unspecified atom stereocenters. The van der Waals surface area contributed by atoms with Crippen molar-refractivity contribution in [2.75, 3.05) is 0 Å². The van der Waals surface area contributed by atoms with Gasteiger partial charge in [0.15, 0.2) is 0 Å². The van der Waals surface area contributed by atoms with Gasteiger partial charge in [0.2, 0.25) is 0 Å². The number of carbonyl (C=O) groups excluding carboxylic acids is 1. The third-order valence-corrected chi connectivity index (χ3v) is 1.52. The molecule has 1 aromatic carbocycles. The molecule has 0 heterocycles. The predicted molar refractivity (Wildman–Crippen MR) is 44.7 cm³/mol. The van der Waals surface area contributed by atoms with E-state index < -0.39 is 11.1 Å². The lowest BCUT2D eigenvalue weighted by atomic mass is 10.2. The highest BCUT2D eigenvalue weighted by Crippen LogP contribution is 1.97. The lowest BCUT2D eigenvalue weighted by Gasteiger charge is -2.04. The lowest BCUT2D eigenvalue weighted by molar-refractivity contribution is -1.18. The number of carbonyl (C=O) groups is 1. The van der Waals surface area contributed by atoms with E-state index in [4.69, 9.17) is 10.0 Å². The first-order chi connectivity index (χ1) is 6.20. The number of hydrogen-bond donors (Lipinski definition) is 2. The van der Waals surface area contributed by atoms with Crippen LogP contribution >= 0.6 is 0 Å². The van der Waals surface area contributed by atoms with Crippen molar-refractivity contribution in [2.24, 2.45) is 0 Å². The van der Waals surface area contributed by atoms with E-state index in [1.54, 1.807) is 0 Å². The highest BCUT2D eigenvalue weighted by atomic mass is 16.9. The zero-order valence-corrected chi connectivity index (χ0v) is 7.36. The average Bonchev–Trinajstić information content (AvgIpc) is 2.15. The third kappa shape index (κ3) is 3.33. The molecule has 0 saturated carbocycles. The third-order valence-electron chi connectivity index (χ3n) is 1.52. The molecule has 0 saturated heterocycles. The van der Waals surface area contributed by atoms with Gasteiger partial charge < -0.3 is 0 Å². The van der Waals surface area contributed by atoms with Crippen LogP contribution in [-0.2, 0) is 16.2 Å². The van der Waals surface area contributed by atoms with Crippen LogP contribution in [0.15, 0.2) is 30.3 Å². The Bertz CT molecular complexity index is 273. The monoisotopic (exact) mass is 182 g/mol. The van der Waals surface area contributed by atoms with Crippen LogP contribution < -0.4 is 5.23 Å². The van der Waals surface area contributed by atoms with Gasteiger partial charge in [0.05, 0.1) is 6.92 Å². The Balaban J connectivity index is 2.39. The van der Waals surface area contributed by atoms with Crippen LogP contribution in [0.5, 0.6) is 0 Å².